The molecule has 0 saturated carbocycles. The van der Waals surface area contributed by atoms with Crippen molar-refractivity contribution in [2.24, 2.45) is 11.7 Å². The Morgan fingerprint density at radius 1 is 1.60 bits per heavy atom. The number of H-pyrrole nitrogens is 1. The molecule has 0 bridgehead atoms. The zero-order chi connectivity index (χ0) is 10.9. The number of aromatic nitrogens is 4. The fourth-order valence-corrected chi connectivity index (χ4v) is 1.92. The van der Waals surface area contributed by atoms with Crippen molar-refractivity contribution in [2.75, 3.05) is 6.61 Å². The highest BCUT2D eigenvalue weighted by atomic mass is 16.5. The molecule has 0 radical (unpaired) electrons. The van der Waals surface area contributed by atoms with Crippen LogP contribution in [0.5, 0.6) is 0 Å². The maximum absolute atomic E-state index is 6.29. The van der Waals surface area contributed by atoms with Crippen molar-refractivity contribution in [3.05, 3.63) is 5.82 Å². The smallest absolute Gasteiger partial charge is 0.194 e. The van der Waals surface area contributed by atoms with Gasteiger partial charge in [-0.2, -0.15) is 5.21 Å². The van der Waals surface area contributed by atoms with E-state index in [4.69, 9.17) is 10.5 Å². The maximum atomic E-state index is 6.29. The molecule has 15 heavy (non-hydrogen) atoms. The van der Waals surface area contributed by atoms with Crippen LogP contribution >= 0.6 is 0 Å². The van der Waals surface area contributed by atoms with Crippen molar-refractivity contribution in [1.82, 2.24) is 20.6 Å². The summed E-state index contributed by atoms with van der Waals surface area (Å²) in [6.45, 7) is 4.92. The van der Waals surface area contributed by atoms with Crippen molar-refractivity contribution in [1.29, 1.82) is 0 Å². The maximum Gasteiger partial charge on any atom is 0.194 e. The van der Waals surface area contributed by atoms with Crippen molar-refractivity contribution in [2.45, 2.75) is 38.3 Å². The van der Waals surface area contributed by atoms with E-state index >= 15 is 0 Å². The largest absolute Gasteiger partial charge is 0.378 e. The van der Waals surface area contributed by atoms with Crippen molar-refractivity contribution < 1.29 is 4.74 Å². The van der Waals surface area contributed by atoms with Crippen LogP contribution in [0.4, 0.5) is 0 Å². The third kappa shape index (κ3) is 2.00. The molecule has 1 aliphatic heterocycles. The molecular formula is C9H17N5O. The Labute approximate surface area is 88.6 Å². The second-order valence-electron chi connectivity index (χ2n) is 4.50. The van der Waals surface area contributed by atoms with Crippen molar-refractivity contribution in [3.63, 3.8) is 0 Å². The normalized spacial score (nSPS) is 32.1. The number of hydrogen-bond donors (Lipinski definition) is 2. The summed E-state index contributed by atoms with van der Waals surface area (Å²) in [4.78, 5) is 0. The van der Waals surface area contributed by atoms with Gasteiger partial charge in [0.15, 0.2) is 5.82 Å². The molecule has 1 saturated heterocycles. The molecule has 3 N–H and O–H groups in total. The third-order valence-electron chi connectivity index (χ3n) is 2.98. The number of aromatic amines is 1. The highest BCUT2D eigenvalue weighted by molar-refractivity contribution is 5.04. The van der Waals surface area contributed by atoms with Crippen LogP contribution in [0.2, 0.25) is 0 Å². The molecule has 0 aliphatic carbocycles. The minimum Gasteiger partial charge on any atom is -0.378 e. The van der Waals surface area contributed by atoms with Gasteiger partial charge in [0.2, 0.25) is 0 Å². The molecule has 0 aromatic carbocycles. The van der Waals surface area contributed by atoms with Gasteiger partial charge in [-0.15, -0.1) is 10.2 Å². The summed E-state index contributed by atoms with van der Waals surface area (Å²) in [6, 6.07) is 0. The monoisotopic (exact) mass is 211 g/mol. The summed E-state index contributed by atoms with van der Waals surface area (Å²) in [5.41, 5.74) is 5.80. The summed E-state index contributed by atoms with van der Waals surface area (Å²) in [5.74, 6) is 1.05. The zero-order valence-corrected chi connectivity index (χ0v) is 9.10. The van der Waals surface area contributed by atoms with Gasteiger partial charge in [-0.1, -0.05) is 19.1 Å². The Balaban J connectivity index is 2.15. The summed E-state index contributed by atoms with van der Waals surface area (Å²) < 4.78 is 5.67. The van der Waals surface area contributed by atoms with E-state index in [1.165, 1.54) is 0 Å². The van der Waals surface area contributed by atoms with E-state index in [1.807, 2.05) is 0 Å². The molecule has 2 unspecified atom stereocenters. The van der Waals surface area contributed by atoms with Crippen LogP contribution in [0.1, 0.15) is 32.5 Å². The van der Waals surface area contributed by atoms with E-state index < -0.39 is 5.54 Å². The Kier molecular flexibility index (Phi) is 2.70. The molecular weight excluding hydrogens is 194 g/mol. The second-order valence-corrected chi connectivity index (χ2v) is 4.50. The average molecular weight is 211 g/mol. The van der Waals surface area contributed by atoms with Gasteiger partial charge in [-0.25, -0.2) is 0 Å². The predicted molar refractivity (Wildman–Crippen MR) is 53.9 cm³/mol. The van der Waals surface area contributed by atoms with Gasteiger partial charge >= 0.3 is 0 Å². The number of rotatable bonds is 2. The minimum absolute atomic E-state index is 0.183. The molecule has 1 aromatic rings. The number of nitrogens with two attached hydrogens (primary N) is 1. The lowest BCUT2D eigenvalue weighted by atomic mass is 9.83. The Bertz CT molecular complexity index is 312. The van der Waals surface area contributed by atoms with Gasteiger partial charge in [0, 0.05) is 6.61 Å². The van der Waals surface area contributed by atoms with E-state index in [2.05, 4.69) is 34.5 Å². The first-order chi connectivity index (χ1) is 7.12. The molecule has 1 aliphatic rings. The third-order valence-corrected chi connectivity index (χ3v) is 2.98. The Hall–Kier alpha value is -1.01. The fraction of sp³-hybridized carbons (Fsp3) is 0.889. The molecule has 0 amide bonds. The van der Waals surface area contributed by atoms with Gasteiger partial charge in [-0.05, 0) is 18.8 Å². The quantitative estimate of drug-likeness (QED) is 0.728. The van der Waals surface area contributed by atoms with Crippen LogP contribution in [0.25, 0.3) is 0 Å². The lowest BCUT2D eigenvalue weighted by molar-refractivity contribution is -0.0457. The molecule has 84 valence electrons. The van der Waals surface area contributed by atoms with E-state index in [0.29, 0.717) is 18.3 Å². The van der Waals surface area contributed by atoms with Crippen LogP contribution in [-0.2, 0) is 10.3 Å². The highest BCUT2D eigenvalue weighted by Crippen LogP contribution is 2.32. The lowest BCUT2D eigenvalue weighted by Crippen LogP contribution is -2.47. The summed E-state index contributed by atoms with van der Waals surface area (Å²) in [7, 11) is 0. The molecule has 0 spiro atoms. The SMILES string of the molecule is CC(C)C1CC(N)(c2nn[nH]n2)CCO1. The van der Waals surface area contributed by atoms with Gasteiger partial charge in [-0.3, -0.25) is 0 Å². The number of hydrogen-bond acceptors (Lipinski definition) is 5. The summed E-state index contributed by atoms with van der Waals surface area (Å²) >= 11 is 0. The van der Waals surface area contributed by atoms with Crippen molar-refractivity contribution in [3.8, 4) is 0 Å². The zero-order valence-electron chi connectivity index (χ0n) is 9.10. The van der Waals surface area contributed by atoms with E-state index in [1.54, 1.807) is 0 Å². The molecule has 1 aromatic heterocycles. The molecule has 6 nitrogen and oxygen atoms in total. The fourth-order valence-electron chi connectivity index (χ4n) is 1.92. The van der Waals surface area contributed by atoms with Crippen LogP contribution in [0.15, 0.2) is 0 Å². The van der Waals surface area contributed by atoms with E-state index in [9.17, 15) is 0 Å². The molecule has 2 atom stereocenters. The second kappa shape index (κ2) is 3.86. The van der Waals surface area contributed by atoms with Gasteiger partial charge in [0.1, 0.15) is 0 Å². The topological polar surface area (TPSA) is 89.7 Å². The summed E-state index contributed by atoms with van der Waals surface area (Å²) in [6.07, 6.45) is 1.68. The Morgan fingerprint density at radius 2 is 2.40 bits per heavy atom. The van der Waals surface area contributed by atoms with Gasteiger partial charge in [0.25, 0.3) is 0 Å². The molecule has 2 heterocycles. The van der Waals surface area contributed by atoms with Crippen LogP contribution in [0, 0.1) is 5.92 Å². The van der Waals surface area contributed by atoms with Gasteiger partial charge in [0.05, 0.1) is 11.6 Å². The standard InChI is InChI=1S/C9H17N5O/c1-6(2)7-5-9(10,3-4-15-7)8-11-13-14-12-8/h6-7H,3-5,10H2,1-2H3,(H,11,12,13,14). The van der Waals surface area contributed by atoms with Gasteiger partial charge < -0.3 is 10.5 Å². The van der Waals surface area contributed by atoms with Crippen LogP contribution in [0.3, 0.4) is 0 Å². The minimum atomic E-state index is -0.486. The molecule has 6 heteroatoms. The van der Waals surface area contributed by atoms with E-state index in [0.717, 1.165) is 12.8 Å². The predicted octanol–water partition coefficient (Wildman–Crippen LogP) is 0.189. The van der Waals surface area contributed by atoms with Crippen LogP contribution in [-0.4, -0.2) is 33.3 Å². The first kappa shape index (κ1) is 10.5. The lowest BCUT2D eigenvalue weighted by Gasteiger charge is -2.37. The van der Waals surface area contributed by atoms with Crippen LogP contribution < -0.4 is 5.73 Å². The number of tetrazole rings is 1. The number of nitrogens with zero attached hydrogens (tertiary/aromatic N) is 3. The average Bonchev–Trinajstić information content (AvgIpc) is 2.71. The molecule has 2 rings (SSSR count). The molecule has 1 fully saturated rings. The highest BCUT2D eigenvalue weighted by Gasteiger charge is 2.39. The van der Waals surface area contributed by atoms with E-state index in [-0.39, 0.29) is 6.10 Å². The first-order valence-corrected chi connectivity index (χ1v) is 5.26. The van der Waals surface area contributed by atoms with Crippen molar-refractivity contribution >= 4 is 0 Å². The first-order valence-electron chi connectivity index (χ1n) is 5.26. The number of ether oxygens (including phenoxy) is 1. The Morgan fingerprint density at radius 3 is 3.00 bits per heavy atom. The summed E-state index contributed by atoms with van der Waals surface area (Å²) in [5, 5.41) is 14.0. The number of nitrogens with one attached hydrogen (secondary N) is 1.